The van der Waals surface area contributed by atoms with E-state index in [-0.39, 0.29) is 17.4 Å². The summed E-state index contributed by atoms with van der Waals surface area (Å²) in [6, 6.07) is 4.97. The fraction of sp³-hybridized carbons (Fsp3) is 0.278. The molecular weight excluding hydrogens is 353 g/mol. The minimum Gasteiger partial charge on any atom is -0.435 e. The van der Waals surface area contributed by atoms with Gasteiger partial charge in [0.15, 0.2) is 11.6 Å². The van der Waals surface area contributed by atoms with Crippen LogP contribution in [-0.2, 0) is 9.57 Å². The average molecular weight is 373 g/mol. The quantitative estimate of drug-likeness (QED) is 0.357. The molecule has 2 heterocycles. The third kappa shape index (κ3) is 4.32. The van der Waals surface area contributed by atoms with E-state index in [0.29, 0.717) is 36.1 Å². The van der Waals surface area contributed by atoms with Crippen LogP contribution in [0.2, 0.25) is 0 Å². The average Bonchev–Trinajstić information content (AvgIpc) is 3.03. The molecule has 0 aliphatic rings. The second kappa shape index (κ2) is 8.45. The van der Waals surface area contributed by atoms with Gasteiger partial charge >= 0.3 is 0 Å². The van der Waals surface area contributed by atoms with Gasteiger partial charge in [0.05, 0.1) is 6.21 Å². The number of methoxy groups -OCH3 is 1. The summed E-state index contributed by atoms with van der Waals surface area (Å²) < 4.78 is 25.3. The van der Waals surface area contributed by atoms with Crippen LogP contribution in [-0.4, -0.2) is 41.5 Å². The number of hydrogen-bond acceptors (Lipinski definition) is 7. The number of nitrogen functional groups attached to an aromatic ring is 1. The summed E-state index contributed by atoms with van der Waals surface area (Å²) in [5.41, 5.74) is 7.71. The first-order chi connectivity index (χ1) is 13.1. The molecule has 27 heavy (non-hydrogen) atoms. The molecule has 0 aliphatic carbocycles. The number of fused-ring (bicyclic) bond motifs is 1. The molecule has 2 aromatic heterocycles. The van der Waals surface area contributed by atoms with Crippen LogP contribution in [0.25, 0.3) is 10.9 Å². The van der Waals surface area contributed by atoms with Crippen LogP contribution >= 0.6 is 0 Å². The molecule has 3 N–H and O–H groups in total. The number of rotatable bonds is 8. The number of aromatic nitrogens is 3. The standard InChI is InChI=1S/C18H20FN5O3/c1-11-8-12-14(24-11)4-5-15(16(12)19)27-18-13(17(20)21-10-22-18)9-23-26-7-3-6-25-2/h4-5,8-10,24H,3,6-7H2,1-2H3,(H2,20,21,22). The van der Waals surface area contributed by atoms with E-state index < -0.39 is 5.82 Å². The van der Waals surface area contributed by atoms with E-state index in [1.165, 1.54) is 18.6 Å². The fourth-order valence-corrected chi connectivity index (χ4v) is 2.48. The maximum Gasteiger partial charge on any atom is 0.233 e. The van der Waals surface area contributed by atoms with Gasteiger partial charge in [0.2, 0.25) is 5.88 Å². The van der Waals surface area contributed by atoms with Gasteiger partial charge in [-0.25, -0.2) is 14.4 Å². The number of nitrogens with two attached hydrogens (primary N) is 1. The number of H-pyrrole nitrogens is 1. The van der Waals surface area contributed by atoms with Crippen LogP contribution < -0.4 is 10.5 Å². The van der Waals surface area contributed by atoms with Crippen molar-refractivity contribution in [2.45, 2.75) is 13.3 Å². The Morgan fingerprint density at radius 1 is 1.30 bits per heavy atom. The Labute approximate surface area is 155 Å². The highest BCUT2D eigenvalue weighted by molar-refractivity contribution is 5.88. The summed E-state index contributed by atoms with van der Waals surface area (Å²) in [5.74, 6) is -0.247. The van der Waals surface area contributed by atoms with Gasteiger partial charge in [-0.2, -0.15) is 0 Å². The van der Waals surface area contributed by atoms with Gasteiger partial charge in [-0.15, -0.1) is 0 Å². The molecule has 0 radical (unpaired) electrons. The number of oxime groups is 1. The lowest BCUT2D eigenvalue weighted by molar-refractivity contribution is 0.110. The molecule has 0 saturated heterocycles. The monoisotopic (exact) mass is 373 g/mol. The molecule has 3 aromatic rings. The predicted molar refractivity (Wildman–Crippen MR) is 99.6 cm³/mol. The van der Waals surface area contributed by atoms with Gasteiger partial charge in [-0.1, -0.05) is 5.16 Å². The van der Waals surface area contributed by atoms with Crippen molar-refractivity contribution in [2.75, 3.05) is 26.1 Å². The number of benzene rings is 1. The minimum absolute atomic E-state index is 0.0234. The molecule has 0 aliphatic heterocycles. The van der Waals surface area contributed by atoms with Crippen LogP contribution in [0.3, 0.4) is 0 Å². The maximum atomic E-state index is 14.7. The normalized spacial score (nSPS) is 11.4. The smallest absolute Gasteiger partial charge is 0.233 e. The number of halogens is 1. The molecule has 142 valence electrons. The number of anilines is 1. The molecule has 0 atom stereocenters. The zero-order valence-corrected chi connectivity index (χ0v) is 15.0. The fourth-order valence-electron chi connectivity index (χ4n) is 2.48. The lowest BCUT2D eigenvalue weighted by Crippen LogP contribution is -2.03. The van der Waals surface area contributed by atoms with Crippen molar-refractivity contribution in [1.29, 1.82) is 0 Å². The van der Waals surface area contributed by atoms with E-state index >= 15 is 0 Å². The molecule has 0 saturated carbocycles. The summed E-state index contributed by atoms with van der Waals surface area (Å²) in [6.45, 7) is 2.80. The largest absolute Gasteiger partial charge is 0.435 e. The second-order valence-electron chi connectivity index (χ2n) is 5.79. The van der Waals surface area contributed by atoms with Gasteiger partial charge in [0.25, 0.3) is 0 Å². The summed E-state index contributed by atoms with van der Waals surface area (Å²) in [7, 11) is 1.61. The number of nitrogens with zero attached hydrogens (tertiary/aromatic N) is 3. The maximum absolute atomic E-state index is 14.7. The first kappa shape index (κ1) is 18.6. The molecule has 0 fully saturated rings. The van der Waals surface area contributed by atoms with Gasteiger partial charge in [0, 0.05) is 36.7 Å². The number of hydrogen-bond donors (Lipinski definition) is 2. The molecular formula is C18H20FN5O3. The molecule has 0 bridgehead atoms. The first-order valence-electron chi connectivity index (χ1n) is 8.30. The Morgan fingerprint density at radius 2 is 2.15 bits per heavy atom. The van der Waals surface area contributed by atoms with E-state index in [2.05, 4.69) is 20.1 Å². The number of aromatic amines is 1. The van der Waals surface area contributed by atoms with E-state index in [9.17, 15) is 4.39 Å². The SMILES string of the molecule is COCCCON=Cc1c(N)ncnc1Oc1ccc2[nH]c(C)cc2c1F. The topological polar surface area (TPSA) is 108 Å². The Morgan fingerprint density at radius 3 is 2.96 bits per heavy atom. The lowest BCUT2D eigenvalue weighted by atomic mass is 10.2. The number of nitrogens with one attached hydrogen (secondary N) is 1. The van der Waals surface area contributed by atoms with Crippen molar-refractivity contribution >= 4 is 22.9 Å². The van der Waals surface area contributed by atoms with Crippen molar-refractivity contribution < 1.29 is 18.7 Å². The molecule has 0 spiro atoms. The Balaban J connectivity index is 1.82. The second-order valence-corrected chi connectivity index (χ2v) is 5.79. The van der Waals surface area contributed by atoms with E-state index in [1.807, 2.05) is 6.92 Å². The van der Waals surface area contributed by atoms with Gasteiger partial charge in [-0.3, -0.25) is 0 Å². The summed E-state index contributed by atoms with van der Waals surface area (Å²) >= 11 is 0. The molecule has 9 heteroatoms. The zero-order valence-electron chi connectivity index (χ0n) is 15.0. The Bertz CT molecular complexity index is 958. The summed E-state index contributed by atoms with van der Waals surface area (Å²) in [4.78, 5) is 16.1. The third-order valence-corrected chi connectivity index (χ3v) is 3.76. The lowest BCUT2D eigenvalue weighted by Gasteiger charge is -2.09. The molecule has 0 amide bonds. The van der Waals surface area contributed by atoms with Crippen LogP contribution in [0.4, 0.5) is 10.2 Å². The number of ether oxygens (including phenoxy) is 2. The van der Waals surface area contributed by atoms with Crippen molar-refractivity contribution in [1.82, 2.24) is 15.0 Å². The molecule has 0 unspecified atom stereocenters. The first-order valence-corrected chi connectivity index (χ1v) is 8.30. The summed E-state index contributed by atoms with van der Waals surface area (Å²) in [5, 5.41) is 4.27. The van der Waals surface area contributed by atoms with Crippen LogP contribution in [0.1, 0.15) is 17.7 Å². The summed E-state index contributed by atoms with van der Waals surface area (Å²) in [6.07, 6.45) is 3.27. The van der Waals surface area contributed by atoms with Gasteiger partial charge in [0.1, 0.15) is 24.3 Å². The molecule has 3 rings (SSSR count). The van der Waals surface area contributed by atoms with E-state index in [4.69, 9.17) is 20.0 Å². The third-order valence-electron chi connectivity index (χ3n) is 3.76. The van der Waals surface area contributed by atoms with Gasteiger partial charge < -0.3 is 25.0 Å². The number of aryl methyl sites for hydroxylation is 1. The van der Waals surface area contributed by atoms with Gasteiger partial charge in [-0.05, 0) is 25.1 Å². The van der Waals surface area contributed by atoms with Crippen LogP contribution in [0.15, 0.2) is 29.7 Å². The molecule has 8 nitrogen and oxygen atoms in total. The molecule has 1 aromatic carbocycles. The van der Waals surface area contributed by atoms with Crippen molar-refractivity contribution in [3.63, 3.8) is 0 Å². The predicted octanol–water partition coefficient (Wildman–Crippen LogP) is 3.17. The van der Waals surface area contributed by atoms with E-state index in [0.717, 1.165) is 5.69 Å². The minimum atomic E-state index is -0.493. The van der Waals surface area contributed by atoms with Crippen molar-refractivity contribution in [2.24, 2.45) is 5.16 Å². The highest BCUT2D eigenvalue weighted by atomic mass is 19.1. The van der Waals surface area contributed by atoms with Crippen LogP contribution in [0, 0.1) is 12.7 Å². The zero-order chi connectivity index (χ0) is 19.2. The van der Waals surface area contributed by atoms with Crippen molar-refractivity contribution in [3.05, 3.63) is 41.6 Å². The highest BCUT2D eigenvalue weighted by Crippen LogP contribution is 2.31. The van der Waals surface area contributed by atoms with Crippen molar-refractivity contribution in [3.8, 4) is 11.6 Å². The Kier molecular flexibility index (Phi) is 5.82. The highest BCUT2D eigenvalue weighted by Gasteiger charge is 2.15. The Hall–Kier alpha value is -3.20. The van der Waals surface area contributed by atoms with E-state index in [1.54, 1.807) is 19.2 Å². The van der Waals surface area contributed by atoms with Crippen LogP contribution in [0.5, 0.6) is 11.6 Å².